The summed E-state index contributed by atoms with van der Waals surface area (Å²) in [5.74, 6) is 0.850. The number of hydrogen-bond acceptors (Lipinski definition) is 3. The van der Waals surface area contributed by atoms with Gasteiger partial charge in [0.1, 0.15) is 12.4 Å². The van der Waals surface area contributed by atoms with E-state index in [2.05, 4.69) is 21.0 Å². The summed E-state index contributed by atoms with van der Waals surface area (Å²) in [6.45, 7) is 2.52. The standard InChI is InChI=1S/C14H18BrN3O/c1-10(16)5-12-6-13(3-4-14(12)15)19-9-11-7-17-18(2)8-11/h3-4,6-8,10H,5,9,16H2,1-2H3. The minimum absolute atomic E-state index is 0.130. The molecule has 0 aliphatic carbocycles. The molecule has 1 heterocycles. The van der Waals surface area contributed by atoms with Crippen LogP contribution < -0.4 is 10.5 Å². The lowest BCUT2D eigenvalue weighted by atomic mass is 10.1. The van der Waals surface area contributed by atoms with E-state index in [-0.39, 0.29) is 6.04 Å². The first-order valence-corrected chi connectivity index (χ1v) is 6.98. The molecule has 0 saturated carbocycles. The molecular weight excluding hydrogens is 306 g/mol. The maximum atomic E-state index is 5.84. The molecule has 1 unspecified atom stereocenters. The predicted molar refractivity (Wildman–Crippen MR) is 79.0 cm³/mol. The van der Waals surface area contributed by atoms with Crippen LogP contribution in [0.15, 0.2) is 35.1 Å². The van der Waals surface area contributed by atoms with Crippen molar-refractivity contribution in [3.63, 3.8) is 0 Å². The van der Waals surface area contributed by atoms with Crippen molar-refractivity contribution in [1.82, 2.24) is 9.78 Å². The zero-order valence-electron chi connectivity index (χ0n) is 11.1. The molecule has 0 bridgehead atoms. The van der Waals surface area contributed by atoms with E-state index >= 15 is 0 Å². The molecule has 0 radical (unpaired) electrons. The summed E-state index contributed by atoms with van der Waals surface area (Å²) in [5.41, 5.74) is 8.06. The fraction of sp³-hybridized carbons (Fsp3) is 0.357. The van der Waals surface area contributed by atoms with Crippen LogP contribution in [0, 0.1) is 0 Å². The van der Waals surface area contributed by atoms with E-state index in [1.165, 1.54) is 5.56 Å². The Morgan fingerprint density at radius 3 is 2.89 bits per heavy atom. The summed E-state index contributed by atoms with van der Waals surface area (Å²) in [7, 11) is 1.89. The Morgan fingerprint density at radius 1 is 1.47 bits per heavy atom. The van der Waals surface area contributed by atoms with Gasteiger partial charge in [-0.25, -0.2) is 0 Å². The number of rotatable bonds is 5. The molecule has 0 fully saturated rings. The highest BCUT2D eigenvalue weighted by Crippen LogP contribution is 2.24. The molecule has 2 N–H and O–H groups in total. The van der Waals surface area contributed by atoms with Crippen molar-refractivity contribution in [2.24, 2.45) is 12.8 Å². The van der Waals surface area contributed by atoms with Gasteiger partial charge in [-0.2, -0.15) is 5.10 Å². The number of aromatic nitrogens is 2. The van der Waals surface area contributed by atoms with Gasteiger partial charge < -0.3 is 10.5 Å². The molecule has 0 aliphatic heterocycles. The van der Waals surface area contributed by atoms with Gasteiger partial charge in [-0.3, -0.25) is 4.68 Å². The van der Waals surface area contributed by atoms with Crippen LogP contribution in [0.5, 0.6) is 5.75 Å². The lowest BCUT2D eigenvalue weighted by Gasteiger charge is -2.11. The summed E-state index contributed by atoms with van der Waals surface area (Å²) in [5, 5.41) is 4.11. The van der Waals surface area contributed by atoms with Crippen molar-refractivity contribution in [3.05, 3.63) is 46.2 Å². The Labute approximate surface area is 121 Å². The SMILES string of the molecule is CC(N)Cc1cc(OCc2cnn(C)c2)ccc1Br. The van der Waals surface area contributed by atoms with Crippen LogP contribution in [0.2, 0.25) is 0 Å². The summed E-state index contributed by atoms with van der Waals surface area (Å²) in [6.07, 6.45) is 4.58. The van der Waals surface area contributed by atoms with Crippen molar-refractivity contribution in [3.8, 4) is 5.75 Å². The van der Waals surface area contributed by atoms with Crippen molar-refractivity contribution < 1.29 is 4.74 Å². The van der Waals surface area contributed by atoms with Crippen LogP contribution in [0.25, 0.3) is 0 Å². The lowest BCUT2D eigenvalue weighted by molar-refractivity contribution is 0.305. The Kier molecular flexibility index (Phi) is 4.61. The third-order valence-electron chi connectivity index (χ3n) is 2.72. The highest BCUT2D eigenvalue weighted by atomic mass is 79.9. The monoisotopic (exact) mass is 323 g/mol. The van der Waals surface area contributed by atoms with E-state index in [1.54, 1.807) is 4.68 Å². The summed E-state index contributed by atoms with van der Waals surface area (Å²) in [6, 6.07) is 6.11. The van der Waals surface area contributed by atoms with E-state index in [1.807, 2.05) is 44.6 Å². The molecule has 2 rings (SSSR count). The first-order chi connectivity index (χ1) is 9.04. The fourth-order valence-corrected chi connectivity index (χ4v) is 2.27. The molecule has 1 aromatic heterocycles. The molecule has 1 atom stereocenters. The average Bonchev–Trinajstić information content (AvgIpc) is 2.75. The van der Waals surface area contributed by atoms with E-state index in [9.17, 15) is 0 Å². The van der Waals surface area contributed by atoms with E-state index in [4.69, 9.17) is 10.5 Å². The van der Waals surface area contributed by atoms with Crippen molar-refractivity contribution >= 4 is 15.9 Å². The third kappa shape index (κ3) is 4.08. The van der Waals surface area contributed by atoms with Gasteiger partial charge in [0.15, 0.2) is 0 Å². The fourth-order valence-electron chi connectivity index (χ4n) is 1.86. The number of hydrogen-bond donors (Lipinski definition) is 1. The van der Waals surface area contributed by atoms with Crippen LogP contribution in [0.4, 0.5) is 0 Å². The van der Waals surface area contributed by atoms with E-state index < -0.39 is 0 Å². The second-order valence-corrected chi connectivity index (χ2v) is 5.60. The normalized spacial score (nSPS) is 12.4. The quantitative estimate of drug-likeness (QED) is 0.920. The lowest BCUT2D eigenvalue weighted by Crippen LogP contribution is -2.18. The highest BCUT2D eigenvalue weighted by Gasteiger charge is 2.06. The van der Waals surface area contributed by atoms with E-state index in [0.717, 1.165) is 22.2 Å². The third-order valence-corrected chi connectivity index (χ3v) is 3.50. The second-order valence-electron chi connectivity index (χ2n) is 4.75. The zero-order chi connectivity index (χ0) is 13.8. The number of nitrogens with zero attached hydrogens (tertiary/aromatic N) is 2. The number of benzene rings is 1. The molecule has 0 saturated heterocycles. The Morgan fingerprint density at radius 2 is 2.26 bits per heavy atom. The van der Waals surface area contributed by atoms with Gasteiger partial charge in [0, 0.05) is 29.3 Å². The smallest absolute Gasteiger partial charge is 0.120 e. The number of nitrogens with two attached hydrogens (primary N) is 1. The topological polar surface area (TPSA) is 53.1 Å². The van der Waals surface area contributed by atoms with Gasteiger partial charge in [-0.1, -0.05) is 15.9 Å². The van der Waals surface area contributed by atoms with Gasteiger partial charge in [0.2, 0.25) is 0 Å². The predicted octanol–water partition coefficient (Wildman–Crippen LogP) is 2.65. The van der Waals surface area contributed by atoms with Crippen molar-refractivity contribution in [2.75, 3.05) is 0 Å². The summed E-state index contributed by atoms with van der Waals surface area (Å²) in [4.78, 5) is 0. The molecule has 0 aliphatic rings. The minimum Gasteiger partial charge on any atom is -0.489 e. The van der Waals surface area contributed by atoms with Gasteiger partial charge in [-0.05, 0) is 37.1 Å². The average molecular weight is 324 g/mol. The van der Waals surface area contributed by atoms with Gasteiger partial charge in [-0.15, -0.1) is 0 Å². The first-order valence-electron chi connectivity index (χ1n) is 6.19. The van der Waals surface area contributed by atoms with Gasteiger partial charge >= 0.3 is 0 Å². The molecule has 0 spiro atoms. The molecule has 0 amide bonds. The van der Waals surface area contributed by atoms with Crippen molar-refractivity contribution in [1.29, 1.82) is 0 Å². The van der Waals surface area contributed by atoms with Crippen LogP contribution >= 0.6 is 15.9 Å². The molecule has 1 aromatic carbocycles. The number of ether oxygens (including phenoxy) is 1. The first kappa shape index (κ1) is 14.1. The molecule has 2 aromatic rings. The Balaban J connectivity index is 2.04. The largest absolute Gasteiger partial charge is 0.489 e. The van der Waals surface area contributed by atoms with Crippen LogP contribution in [-0.4, -0.2) is 15.8 Å². The van der Waals surface area contributed by atoms with Crippen LogP contribution in [0.3, 0.4) is 0 Å². The van der Waals surface area contributed by atoms with Crippen molar-refractivity contribution in [2.45, 2.75) is 26.0 Å². The van der Waals surface area contributed by atoms with Crippen LogP contribution in [-0.2, 0) is 20.1 Å². The zero-order valence-corrected chi connectivity index (χ0v) is 12.7. The van der Waals surface area contributed by atoms with Crippen LogP contribution in [0.1, 0.15) is 18.1 Å². The molecule has 4 nitrogen and oxygen atoms in total. The van der Waals surface area contributed by atoms with Gasteiger partial charge in [0.25, 0.3) is 0 Å². The maximum absolute atomic E-state index is 5.84. The highest BCUT2D eigenvalue weighted by molar-refractivity contribution is 9.10. The number of aryl methyl sites for hydroxylation is 1. The maximum Gasteiger partial charge on any atom is 0.120 e. The summed E-state index contributed by atoms with van der Waals surface area (Å²) < 4.78 is 8.60. The molecule has 102 valence electrons. The second kappa shape index (κ2) is 6.21. The Hall–Kier alpha value is -1.33. The van der Waals surface area contributed by atoms with E-state index in [0.29, 0.717) is 6.61 Å². The Bertz CT molecular complexity index is 551. The number of halogens is 1. The summed E-state index contributed by atoms with van der Waals surface area (Å²) >= 11 is 3.53. The molecule has 5 heteroatoms. The molecular formula is C14H18BrN3O. The van der Waals surface area contributed by atoms with Gasteiger partial charge in [0.05, 0.1) is 6.20 Å². The minimum atomic E-state index is 0.130. The molecule has 19 heavy (non-hydrogen) atoms.